The molecule has 1 heterocycles. The van der Waals surface area contributed by atoms with Crippen LogP contribution in [0.15, 0.2) is 4.99 Å². The first-order chi connectivity index (χ1) is 12.5. The number of carbonyl (C=O) groups is 1. The fourth-order valence-corrected chi connectivity index (χ4v) is 3.57. The van der Waals surface area contributed by atoms with Crippen molar-refractivity contribution >= 4 is 35.8 Å². The number of rotatable bonds is 11. The van der Waals surface area contributed by atoms with E-state index < -0.39 is 0 Å². The Morgan fingerprint density at radius 3 is 2.59 bits per heavy atom. The fraction of sp³-hybridized carbons (Fsp3) is 0.900. The van der Waals surface area contributed by atoms with Crippen molar-refractivity contribution in [3.8, 4) is 0 Å². The number of hydrogen-bond donors (Lipinski definition) is 2. The van der Waals surface area contributed by atoms with Crippen LogP contribution in [0.3, 0.4) is 0 Å². The molecule has 1 fully saturated rings. The Balaban J connectivity index is 0.00000676. The van der Waals surface area contributed by atoms with Crippen molar-refractivity contribution in [1.29, 1.82) is 0 Å². The molecule has 1 aliphatic rings. The van der Waals surface area contributed by atoms with Crippen molar-refractivity contribution in [1.82, 2.24) is 20.4 Å². The second kappa shape index (κ2) is 15.4. The first kappa shape index (κ1) is 26.4. The SMILES string of the molecule is CCCCC(CC)CNC(=NC)NCCCN1CCCC1C(=O)N(C)C.I. The lowest BCUT2D eigenvalue weighted by Crippen LogP contribution is -2.44. The van der Waals surface area contributed by atoms with Gasteiger partial charge in [-0.05, 0) is 38.1 Å². The van der Waals surface area contributed by atoms with Gasteiger partial charge in [-0.15, -0.1) is 24.0 Å². The molecule has 1 rings (SSSR count). The second-order valence-corrected chi connectivity index (χ2v) is 7.58. The predicted molar refractivity (Wildman–Crippen MR) is 126 cm³/mol. The molecule has 0 spiro atoms. The molecule has 2 atom stereocenters. The number of hydrogen-bond acceptors (Lipinski definition) is 3. The third-order valence-electron chi connectivity index (χ3n) is 5.33. The highest BCUT2D eigenvalue weighted by Gasteiger charge is 2.30. The number of likely N-dealkylation sites (N-methyl/N-ethyl adjacent to an activating group) is 1. The van der Waals surface area contributed by atoms with E-state index in [1.165, 1.54) is 25.7 Å². The topological polar surface area (TPSA) is 60.0 Å². The maximum Gasteiger partial charge on any atom is 0.239 e. The smallest absolute Gasteiger partial charge is 0.239 e. The number of halogens is 1. The van der Waals surface area contributed by atoms with Gasteiger partial charge in [0.2, 0.25) is 5.91 Å². The molecule has 1 amide bonds. The van der Waals surface area contributed by atoms with Gasteiger partial charge in [-0.2, -0.15) is 0 Å². The molecule has 1 saturated heterocycles. The van der Waals surface area contributed by atoms with E-state index in [-0.39, 0.29) is 35.9 Å². The minimum absolute atomic E-state index is 0. The Kier molecular flexibility index (Phi) is 15.0. The van der Waals surface area contributed by atoms with Crippen molar-refractivity contribution in [2.75, 3.05) is 47.3 Å². The van der Waals surface area contributed by atoms with Crippen LogP contribution in [0.2, 0.25) is 0 Å². The van der Waals surface area contributed by atoms with E-state index in [1.807, 2.05) is 21.1 Å². The Bertz CT molecular complexity index is 431. The zero-order valence-electron chi connectivity index (χ0n) is 18.1. The Morgan fingerprint density at radius 2 is 2.00 bits per heavy atom. The largest absolute Gasteiger partial charge is 0.356 e. The van der Waals surface area contributed by atoms with Crippen molar-refractivity contribution in [2.45, 2.75) is 64.8 Å². The lowest BCUT2D eigenvalue weighted by atomic mass is 9.99. The summed E-state index contributed by atoms with van der Waals surface area (Å²) in [5.74, 6) is 1.85. The van der Waals surface area contributed by atoms with Crippen LogP contribution in [0.5, 0.6) is 0 Å². The summed E-state index contributed by atoms with van der Waals surface area (Å²) in [6.45, 7) is 8.37. The van der Waals surface area contributed by atoms with Gasteiger partial charge < -0.3 is 15.5 Å². The predicted octanol–water partition coefficient (Wildman–Crippen LogP) is 2.93. The Hall–Kier alpha value is -0.570. The first-order valence-electron chi connectivity index (χ1n) is 10.4. The number of carbonyl (C=O) groups excluding carboxylic acids is 1. The van der Waals surface area contributed by atoms with Crippen LogP contribution in [-0.4, -0.2) is 75.0 Å². The molecule has 0 aliphatic carbocycles. The van der Waals surface area contributed by atoms with Gasteiger partial charge in [0.1, 0.15) is 0 Å². The molecule has 7 heteroatoms. The molecule has 0 aromatic carbocycles. The first-order valence-corrected chi connectivity index (χ1v) is 10.4. The minimum atomic E-state index is 0. The quantitative estimate of drug-likeness (QED) is 0.200. The summed E-state index contributed by atoms with van der Waals surface area (Å²) in [5, 5.41) is 6.88. The van der Waals surface area contributed by atoms with Gasteiger partial charge in [0, 0.05) is 40.8 Å². The number of aliphatic imine (C=N–C) groups is 1. The number of likely N-dealkylation sites (tertiary alicyclic amines) is 1. The van der Waals surface area contributed by atoms with Gasteiger partial charge in [0.25, 0.3) is 0 Å². The van der Waals surface area contributed by atoms with Crippen LogP contribution in [0.4, 0.5) is 0 Å². The Labute approximate surface area is 183 Å². The number of amides is 1. The highest BCUT2D eigenvalue weighted by molar-refractivity contribution is 14.0. The zero-order chi connectivity index (χ0) is 19.4. The monoisotopic (exact) mass is 495 g/mol. The van der Waals surface area contributed by atoms with Crippen LogP contribution in [0.1, 0.15) is 58.8 Å². The molecule has 0 aromatic rings. The van der Waals surface area contributed by atoms with Gasteiger partial charge in [-0.25, -0.2) is 0 Å². The lowest BCUT2D eigenvalue weighted by Gasteiger charge is -2.26. The number of nitrogens with one attached hydrogen (secondary N) is 2. The van der Waals surface area contributed by atoms with Crippen LogP contribution in [0.25, 0.3) is 0 Å². The summed E-state index contributed by atoms with van der Waals surface area (Å²) in [6, 6.07) is 0.0753. The lowest BCUT2D eigenvalue weighted by molar-refractivity contribution is -0.133. The molecule has 6 nitrogen and oxygen atoms in total. The van der Waals surface area contributed by atoms with E-state index in [0.717, 1.165) is 57.3 Å². The normalized spacial score (nSPS) is 18.7. The zero-order valence-corrected chi connectivity index (χ0v) is 20.4. The molecule has 0 bridgehead atoms. The highest BCUT2D eigenvalue weighted by atomic mass is 127. The Morgan fingerprint density at radius 1 is 1.26 bits per heavy atom. The summed E-state index contributed by atoms with van der Waals surface area (Å²) in [7, 11) is 5.52. The summed E-state index contributed by atoms with van der Waals surface area (Å²) < 4.78 is 0. The molecule has 0 aromatic heterocycles. The van der Waals surface area contributed by atoms with Crippen molar-refractivity contribution < 1.29 is 4.79 Å². The molecule has 0 radical (unpaired) electrons. The summed E-state index contributed by atoms with van der Waals surface area (Å²) in [5.41, 5.74) is 0. The summed E-state index contributed by atoms with van der Waals surface area (Å²) in [4.78, 5) is 20.6. The molecule has 0 saturated carbocycles. The van der Waals surface area contributed by atoms with Crippen LogP contribution >= 0.6 is 24.0 Å². The van der Waals surface area contributed by atoms with Crippen molar-refractivity contribution in [2.24, 2.45) is 10.9 Å². The van der Waals surface area contributed by atoms with Crippen molar-refractivity contribution in [3.63, 3.8) is 0 Å². The molecular weight excluding hydrogens is 453 g/mol. The molecule has 27 heavy (non-hydrogen) atoms. The highest BCUT2D eigenvalue weighted by Crippen LogP contribution is 2.18. The molecule has 160 valence electrons. The maximum absolute atomic E-state index is 12.2. The van der Waals surface area contributed by atoms with Gasteiger partial charge in [0.05, 0.1) is 6.04 Å². The van der Waals surface area contributed by atoms with Gasteiger partial charge >= 0.3 is 0 Å². The average molecular weight is 495 g/mol. The van der Waals surface area contributed by atoms with Crippen LogP contribution in [-0.2, 0) is 4.79 Å². The number of unbranched alkanes of at least 4 members (excludes halogenated alkanes) is 1. The van der Waals surface area contributed by atoms with E-state index in [0.29, 0.717) is 0 Å². The summed E-state index contributed by atoms with van der Waals surface area (Å²) in [6.07, 6.45) is 8.19. The summed E-state index contributed by atoms with van der Waals surface area (Å²) >= 11 is 0. The number of nitrogens with zero attached hydrogens (tertiary/aromatic N) is 3. The van der Waals surface area contributed by atoms with E-state index in [2.05, 4.69) is 34.4 Å². The van der Waals surface area contributed by atoms with Gasteiger partial charge in [0.15, 0.2) is 5.96 Å². The van der Waals surface area contributed by atoms with Gasteiger partial charge in [-0.3, -0.25) is 14.7 Å². The molecule has 2 unspecified atom stereocenters. The molecular formula is C20H42IN5O. The maximum atomic E-state index is 12.2. The third kappa shape index (κ3) is 9.96. The second-order valence-electron chi connectivity index (χ2n) is 7.58. The average Bonchev–Trinajstić information content (AvgIpc) is 3.10. The van der Waals surface area contributed by atoms with Crippen LogP contribution < -0.4 is 10.6 Å². The standard InChI is InChI=1S/C20H41N5O.HI/c1-6-8-11-17(7-2)16-23-20(21-3)22-13-10-15-25-14-9-12-18(25)19(26)24(4)5;/h17-18H,6-16H2,1-5H3,(H2,21,22,23);1H. The van der Waals surface area contributed by atoms with Crippen molar-refractivity contribution in [3.05, 3.63) is 0 Å². The third-order valence-corrected chi connectivity index (χ3v) is 5.33. The fourth-order valence-electron chi connectivity index (χ4n) is 3.57. The van der Waals surface area contributed by atoms with E-state index in [4.69, 9.17) is 0 Å². The van der Waals surface area contributed by atoms with E-state index >= 15 is 0 Å². The minimum Gasteiger partial charge on any atom is -0.356 e. The van der Waals surface area contributed by atoms with Gasteiger partial charge in [-0.1, -0.05) is 33.1 Å². The van der Waals surface area contributed by atoms with E-state index in [1.54, 1.807) is 4.90 Å². The van der Waals surface area contributed by atoms with E-state index in [9.17, 15) is 4.79 Å². The molecule has 1 aliphatic heterocycles. The molecule has 2 N–H and O–H groups in total. The number of guanidine groups is 1. The van der Waals surface area contributed by atoms with Crippen LogP contribution in [0, 0.1) is 5.92 Å².